The van der Waals surface area contributed by atoms with E-state index in [2.05, 4.69) is 6.58 Å². The lowest BCUT2D eigenvalue weighted by Crippen LogP contribution is -2.44. The summed E-state index contributed by atoms with van der Waals surface area (Å²) in [5.41, 5.74) is 2.81. The molecule has 1 aromatic carbocycles. The van der Waals surface area contributed by atoms with Gasteiger partial charge in [0.2, 0.25) is 0 Å². The van der Waals surface area contributed by atoms with E-state index in [1.807, 2.05) is 26.0 Å². The van der Waals surface area contributed by atoms with Crippen molar-refractivity contribution in [1.29, 1.82) is 0 Å². The first-order valence-corrected chi connectivity index (χ1v) is 7.60. The molecule has 0 N–H and O–H groups in total. The van der Waals surface area contributed by atoms with Crippen molar-refractivity contribution in [2.24, 2.45) is 0 Å². The molecular formula is C18H20O5. The molecule has 23 heavy (non-hydrogen) atoms. The van der Waals surface area contributed by atoms with Crippen molar-refractivity contribution >= 4 is 11.5 Å². The van der Waals surface area contributed by atoms with Gasteiger partial charge < -0.3 is 18.9 Å². The predicted octanol–water partition coefficient (Wildman–Crippen LogP) is 3.44. The van der Waals surface area contributed by atoms with Crippen LogP contribution in [0.5, 0.6) is 11.5 Å². The minimum atomic E-state index is -1.46. The molecule has 2 aliphatic heterocycles. The summed E-state index contributed by atoms with van der Waals surface area (Å²) < 4.78 is 22.8. The summed E-state index contributed by atoms with van der Waals surface area (Å²) in [5.74, 6) is -0.682. The van der Waals surface area contributed by atoms with Crippen LogP contribution in [0.4, 0.5) is 0 Å². The number of hydrogen-bond donors (Lipinski definition) is 0. The maximum atomic E-state index is 11.5. The Kier molecular flexibility index (Phi) is 3.90. The molecular weight excluding hydrogens is 296 g/mol. The van der Waals surface area contributed by atoms with Crippen LogP contribution in [-0.4, -0.2) is 24.7 Å². The summed E-state index contributed by atoms with van der Waals surface area (Å²) in [4.78, 5) is 11.5. The van der Waals surface area contributed by atoms with Gasteiger partial charge in [0.05, 0.1) is 11.7 Å². The summed E-state index contributed by atoms with van der Waals surface area (Å²) in [6, 6.07) is 5.60. The second-order valence-electron chi connectivity index (χ2n) is 5.75. The fourth-order valence-corrected chi connectivity index (χ4v) is 3.00. The first kappa shape index (κ1) is 15.6. The fourth-order valence-electron chi connectivity index (χ4n) is 3.00. The lowest BCUT2D eigenvalue weighted by Gasteiger charge is -2.34. The summed E-state index contributed by atoms with van der Waals surface area (Å²) in [6.07, 6.45) is 2.24. The van der Waals surface area contributed by atoms with Crippen LogP contribution in [0.15, 0.2) is 36.4 Å². The molecule has 0 amide bonds. The molecule has 122 valence electrons. The van der Waals surface area contributed by atoms with Crippen molar-refractivity contribution < 1.29 is 23.7 Å². The third-order valence-corrected chi connectivity index (χ3v) is 3.92. The number of carbonyl (C=O) groups is 1. The minimum Gasteiger partial charge on any atom is -0.489 e. The lowest BCUT2D eigenvalue weighted by molar-refractivity contribution is -0.295. The predicted molar refractivity (Wildman–Crippen MR) is 85.0 cm³/mol. The molecule has 2 aliphatic rings. The number of carbonyl (C=O) groups excluding carboxylic acids is 1. The number of allylic oxidation sites excluding steroid dienone is 1. The van der Waals surface area contributed by atoms with Crippen LogP contribution in [0.3, 0.4) is 0 Å². The minimum absolute atomic E-state index is 0.0925. The van der Waals surface area contributed by atoms with Gasteiger partial charge in [-0.3, -0.25) is 4.79 Å². The maximum Gasteiger partial charge on any atom is 0.400 e. The van der Waals surface area contributed by atoms with Gasteiger partial charge in [-0.05, 0) is 31.6 Å². The second kappa shape index (κ2) is 5.74. The molecule has 1 fully saturated rings. The van der Waals surface area contributed by atoms with Crippen LogP contribution in [0.1, 0.15) is 32.8 Å². The van der Waals surface area contributed by atoms with E-state index in [9.17, 15) is 4.79 Å². The number of benzene rings is 1. The van der Waals surface area contributed by atoms with Gasteiger partial charge in [-0.25, -0.2) is 0 Å². The van der Waals surface area contributed by atoms with Crippen LogP contribution in [0.25, 0.3) is 5.57 Å². The van der Waals surface area contributed by atoms with E-state index in [0.717, 1.165) is 16.7 Å². The van der Waals surface area contributed by atoms with E-state index in [-0.39, 0.29) is 6.10 Å². The topological polar surface area (TPSA) is 54.0 Å². The van der Waals surface area contributed by atoms with Crippen molar-refractivity contribution in [2.75, 3.05) is 6.61 Å². The Morgan fingerprint density at radius 2 is 2.30 bits per heavy atom. The Hall–Kier alpha value is -2.27. The molecule has 0 unspecified atom stereocenters. The van der Waals surface area contributed by atoms with Gasteiger partial charge in [0, 0.05) is 25.0 Å². The molecule has 5 nitrogen and oxygen atoms in total. The quantitative estimate of drug-likeness (QED) is 0.629. The van der Waals surface area contributed by atoms with Crippen molar-refractivity contribution in [2.45, 2.75) is 39.3 Å². The van der Waals surface area contributed by atoms with E-state index in [1.165, 1.54) is 6.92 Å². The van der Waals surface area contributed by atoms with Crippen molar-refractivity contribution in [3.8, 4) is 11.5 Å². The number of ether oxygens (including phenoxy) is 4. The Balaban J connectivity index is 2.03. The SMILES string of the molecule is C=CCOc1ccc2c(c1)O[C@@]1(OC(C)=O)O[C@H](C)CC1=C2C. The third-order valence-electron chi connectivity index (χ3n) is 3.92. The highest BCUT2D eigenvalue weighted by Crippen LogP contribution is 2.49. The van der Waals surface area contributed by atoms with Gasteiger partial charge in [0.1, 0.15) is 18.1 Å². The largest absolute Gasteiger partial charge is 0.489 e. The highest BCUT2D eigenvalue weighted by atomic mass is 16.9. The van der Waals surface area contributed by atoms with E-state index >= 15 is 0 Å². The number of fused-ring (bicyclic) bond motifs is 2. The molecule has 0 saturated carbocycles. The second-order valence-corrected chi connectivity index (χ2v) is 5.75. The lowest BCUT2D eigenvalue weighted by atomic mass is 9.94. The van der Waals surface area contributed by atoms with Gasteiger partial charge in [0.15, 0.2) is 0 Å². The molecule has 1 aromatic rings. The number of hydrogen-bond acceptors (Lipinski definition) is 5. The van der Waals surface area contributed by atoms with Crippen LogP contribution < -0.4 is 9.47 Å². The van der Waals surface area contributed by atoms with Gasteiger partial charge >= 0.3 is 11.9 Å². The van der Waals surface area contributed by atoms with E-state index in [1.54, 1.807) is 12.1 Å². The molecule has 0 aliphatic carbocycles. The molecule has 0 spiro atoms. The molecule has 1 saturated heterocycles. The summed E-state index contributed by atoms with van der Waals surface area (Å²) in [7, 11) is 0. The number of esters is 1. The zero-order valence-corrected chi connectivity index (χ0v) is 13.5. The van der Waals surface area contributed by atoms with Gasteiger partial charge in [-0.1, -0.05) is 12.7 Å². The van der Waals surface area contributed by atoms with Crippen molar-refractivity contribution in [3.63, 3.8) is 0 Å². The first-order chi connectivity index (χ1) is 10.9. The van der Waals surface area contributed by atoms with Crippen molar-refractivity contribution in [3.05, 3.63) is 42.0 Å². The maximum absolute atomic E-state index is 11.5. The smallest absolute Gasteiger partial charge is 0.400 e. The average molecular weight is 316 g/mol. The molecule has 2 heterocycles. The van der Waals surface area contributed by atoms with Gasteiger partial charge in [-0.15, -0.1) is 0 Å². The fraction of sp³-hybridized carbons (Fsp3) is 0.389. The van der Waals surface area contributed by atoms with E-state index < -0.39 is 11.9 Å². The summed E-state index contributed by atoms with van der Waals surface area (Å²) >= 11 is 0. The van der Waals surface area contributed by atoms with Crippen LogP contribution in [0.2, 0.25) is 0 Å². The Bertz CT molecular complexity index is 691. The van der Waals surface area contributed by atoms with Crippen LogP contribution >= 0.6 is 0 Å². The van der Waals surface area contributed by atoms with Crippen LogP contribution in [0, 0.1) is 0 Å². The summed E-state index contributed by atoms with van der Waals surface area (Å²) in [5, 5.41) is 0. The standard InChI is InChI=1S/C18H20O5/c1-5-8-20-14-6-7-15-12(3)16-9-11(2)21-18(16,22-13(4)19)23-17(15)10-14/h5-7,10-11H,1,8-9H2,2-4H3/t11-,18-/m1/s1. The highest BCUT2D eigenvalue weighted by molar-refractivity contribution is 5.77. The normalized spacial score (nSPS) is 25.3. The molecule has 3 rings (SSSR count). The molecule has 5 heteroatoms. The zero-order chi connectivity index (χ0) is 16.6. The van der Waals surface area contributed by atoms with Gasteiger partial charge in [0.25, 0.3) is 0 Å². The molecule has 2 atom stereocenters. The van der Waals surface area contributed by atoms with Crippen molar-refractivity contribution in [1.82, 2.24) is 0 Å². The van der Waals surface area contributed by atoms with E-state index in [0.29, 0.717) is 24.5 Å². The third kappa shape index (κ3) is 2.72. The van der Waals surface area contributed by atoms with Gasteiger partial charge in [-0.2, -0.15) is 0 Å². The first-order valence-electron chi connectivity index (χ1n) is 7.60. The van der Waals surface area contributed by atoms with E-state index in [4.69, 9.17) is 18.9 Å². The molecule has 0 aromatic heterocycles. The molecule has 0 radical (unpaired) electrons. The average Bonchev–Trinajstić information content (AvgIpc) is 2.80. The monoisotopic (exact) mass is 316 g/mol. The van der Waals surface area contributed by atoms with Crippen LogP contribution in [-0.2, 0) is 14.3 Å². The molecule has 0 bridgehead atoms. The Morgan fingerprint density at radius 3 is 3.00 bits per heavy atom. The highest BCUT2D eigenvalue weighted by Gasteiger charge is 2.53. The number of rotatable bonds is 4. The Labute approximate surface area is 135 Å². The zero-order valence-electron chi connectivity index (χ0n) is 13.5. The Morgan fingerprint density at radius 1 is 1.52 bits per heavy atom. The summed E-state index contributed by atoms with van der Waals surface area (Å²) in [6.45, 7) is 9.29.